The molecule has 0 aliphatic rings. The van der Waals surface area contributed by atoms with Gasteiger partial charge in [0.2, 0.25) is 5.91 Å². The molecule has 1 amide bonds. The number of hydrogen-bond acceptors (Lipinski definition) is 4. The molecule has 2 rings (SSSR count). The number of para-hydroxylation sites is 1. The van der Waals surface area contributed by atoms with Crippen molar-refractivity contribution in [2.75, 3.05) is 20.3 Å². The van der Waals surface area contributed by atoms with Crippen LogP contribution in [0.4, 0.5) is 0 Å². The van der Waals surface area contributed by atoms with Gasteiger partial charge in [-0.2, -0.15) is 0 Å². The number of rotatable bonds is 10. The largest absolute Gasteiger partial charge is 0.496 e. The highest BCUT2D eigenvalue weighted by atomic mass is 16.5. The van der Waals surface area contributed by atoms with Crippen molar-refractivity contribution in [2.45, 2.75) is 39.7 Å². The van der Waals surface area contributed by atoms with Gasteiger partial charge in [0.1, 0.15) is 5.75 Å². The third-order valence-corrected chi connectivity index (χ3v) is 4.26. The molecule has 27 heavy (non-hydrogen) atoms. The predicted molar refractivity (Wildman–Crippen MR) is 107 cm³/mol. The summed E-state index contributed by atoms with van der Waals surface area (Å²) >= 11 is 0. The molecule has 0 unspecified atom stereocenters. The van der Waals surface area contributed by atoms with Crippen LogP contribution in [0.2, 0.25) is 0 Å². The van der Waals surface area contributed by atoms with Crippen molar-refractivity contribution in [2.24, 2.45) is 0 Å². The van der Waals surface area contributed by atoms with Gasteiger partial charge in [0.15, 0.2) is 11.5 Å². The highest BCUT2D eigenvalue weighted by Gasteiger charge is 2.14. The third kappa shape index (κ3) is 5.91. The lowest BCUT2D eigenvalue weighted by Crippen LogP contribution is -2.26. The van der Waals surface area contributed by atoms with E-state index >= 15 is 0 Å². The van der Waals surface area contributed by atoms with Crippen LogP contribution in [-0.2, 0) is 11.2 Å². The Bertz CT molecular complexity index is 745. The van der Waals surface area contributed by atoms with E-state index in [4.69, 9.17) is 14.2 Å². The van der Waals surface area contributed by atoms with Crippen molar-refractivity contribution in [1.29, 1.82) is 0 Å². The number of carbonyl (C=O) groups is 1. The first-order valence-electron chi connectivity index (χ1n) is 9.39. The molecule has 0 spiro atoms. The summed E-state index contributed by atoms with van der Waals surface area (Å²) in [6.45, 7) is 6.98. The minimum Gasteiger partial charge on any atom is -0.496 e. The fourth-order valence-electron chi connectivity index (χ4n) is 2.89. The lowest BCUT2D eigenvalue weighted by molar-refractivity contribution is -0.121. The molecule has 0 bridgehead atoms. The minimum absolute atomic E-state index is 0.000232. The summed E-state index contributed by atoms with van der Waals surface area (Å²) in [7, 11) is 1.64. The van der Waals surface area contributed by atoms with Crippen LogP contribution in [0.25, 0.3) is 0 Å². The highest BCUT2D eigenvalue weighted by Crippen LogP contribution is 2.30. The van der Waals surface area contributed by atoms with Crippen molar-refractivity contribution in [1.82, 2.24) is 5.32 Å². The summed E-state index contributed by atoms with van der Waals surface area (Å²) < 4.78 is 16.6. The SMILES string of the molecule is CCOc1ccc([C@@H](C)NC(=O)CCc2ccccc2OC)cc1OCC. The Balaban J connectivity index is 1.98. The number of aryl methyl sites for hydroxylation is 1. The molecule has 2 aromatic carbocycles. The smallest absolute Gasteiger partial charge is 0.220 e. The van der Waals surface area contributed by atoms with Crippen LogP contribution in [0.5, 0.6) is 17.2 Å². The van der Waals surface area contributed by atoms with Gasteiger partial charge >= 0.3 is 0 Å². The number of hydrogen-bond donors (Lipinski definition) is 1. The second-order valence-electron chi connectivity index (χ2n) is 6.17. The zero-order valence-electron chi connectivity index (χ0n) is 16.6. The number of amides is 1. The lowest BCUT2D eigenvalue weighted by atomic mass is 10.1. The number of ether oxygens (including phenoxy) is 3. The number of nitrogens with one attached hydrogen (secondary N) is 1. The molecule has 0 saturated carbocycles. The molecule has 2 aromatic rings. The molecule has 0 saturated heterocycles. The number of methoxy groups -OCH3 is 1. The van der Waals surface area contributed by atoms with Gasteiger partial charge in [-0.05, 0) is 56.5 Å². The molecule has 0 aliphatic carbocycles. The summed E-state index contributed by atoms with van der Waals surface area (Å²) in [6, 6.07) is 13.4. The zero-order chi connectivity index (χ0) is 19.6. The summed E-state index contributed by atoms with van der Waals surface area (Å²) in [6.07, 6.45) is 1.04. The molecule has 146 valence electrons. The lowest BCUT2D eigenvalue weighted by Gasteiger charge is -2.18. The van der Waals surface area contributed by atoms with Gasteiger partial charge < -0.3 is 19.5 Å². The van der Waals surface area contributed by atoms with Crippen LogP contribution >= 0.6 is 0 Å². The van der Waals surface area contributed by atoms with Crippen LogP contribution in [-0.4, -0.2) is 26.2 Å². The van der Waals surface area contributed by atoms with Crippen molar-refractivity contribution in [3.05, 3.63) is 53.6 Å². The Morgan fingerprint density at radius 2 is 1.70 bits per heavy atom. The molecule has 0 heterocycles. The maximum Gasteiger partial charge on any atom is 0.220 e. The molecule has 5 nitrogen and oxygen atoms in total. The van der Waals surface area contributed by atoms with Gasteiger partial charge in [-0.1, -0.05) is 24.3 Å². The average Bonchev–Trinajstić information content (AvgIpc) is 2.68. The van der Waals surface area contributed by atoms with Gasteiger partial charge in [-0.3, -0.25) is 4.79 Å². The van der Waals surface area contributed by atoms with Crippen LogP contribution in [0, 0.1) is 0 Å². The fraction of sp³-hybridized carbons (Fsp3) is 0.409. The first kappa shape index (κ1) is 20.6. The van der Waals surface area contributed by atoms with Crippen molar-refractivity contribution in [3.63, 3.8) is 0 Å². The third-order valence-electron chi connectivity index (χ3n) is 4.26. The Hall–Kier alpha value is -2.69. The Kier molecular flexibility index (Phi) is 7.99. The van der Waals surface area contributed by atoms with E-state index in [0.29, 0.717) is 31.8 Å². The topological polar surface area (TPSA) is 56.8 Å². The van der Waals surface area contributed by atoms with E-state index in [1.807, 2.05) is 63.2 Å². The monoisotopic (exact) mass is 371 g/mol. The molecular formula is C22H29NO4. The summed E-state index contributed by atoms with van der Waals surface area (Å²) in [5.74, 6) is 2.23. The van der Waals surface area contributed by atoms with Gasteiger partial charge in [-0.15, -0.1) is 0 Å². The van der Waals surface area contributed by atoms with E-state index in [1.54, 1.807) is 7.11 Å². The first-order chi connectivity index (χ1) is 13.1. The van der Waals surface area contributed by atoms with Gasteiger partial charge in [-0.25, -0.2) is 0 Å². The molecule has 0 radical (unpaired) electrons. The van der Waals surface area contributed by atoms with Crippen LogP contribution in [0.15, 0.2) is 42.5 Å². The Labute approximate surface area is 161 Å². The van der Waals surface area contributed by atoms with E-state index in [1.165, 1.54) is 0 Å². The van der Waals surface area contributed by atoms with Crippen LogP contribution in [0.3, 0.4) is 0 Å². The normalized spacial score (nSPS) is 11.6. The van der Waals surface area contributed by atoms with Crippen LogP contribution in [0.1, 0.15) is 44.4 Å². The quantitative estimate of drug-likeness (QED) is 0.676. The van der Waals surface area contributed by atoms with Gasteiger partial charge in [0, 0.05) is 6.42 Å². The van der Waals surface area contributed by atoms with E-state index in [9.17, 15) is 4.79 Å². The van der Waals surface area contributed by atoms with Crippen LogP contribution < -0.4 is 19.5 Å². The molecule has 1 atom stereocenters. The predicted octanol–water partition coefficient (Wildman–Crippen LogP) is 4.30. The molecule has 0 aliphatic heterocycles. The molecule has 1 N–H and O–H groups in total. The van der Waals surface area contributed by atoms with Crippen molar-refractivity contribution < 1.29 is 19.0 Å². The first-order valence-corrected chi connectivity index (χ1v) is 9.39. The Morgan fingerprint density at radius 3 is 2.41 bits per heavy atom. The van der Waals surface area contributed by atoms with E-state index in [0.717, 1.165) is 22.6 Å². The molecule has 0 fully saturated rings. The molecular weight excluding hydrogens is 342 g/mol. The van der Waals surface area contributed by atoms with Crippen molar-refractivity contribution in [3.8, 4) is 17.2 Å². The second kappa shape index (κ2) is 10.5. The number of benzene rings is 2. The van der Waals surface area contributed by atoms with Gasteiger partial charge in [0.25, 0.3) is 0 Å². The van der Waals surface area contributed by atoms with E-state index in [2.05, 4.69) is 5.32 Å². The summed E-state index contributed by atoms with van der Waals surface area (Å²) in [5.41, 5.74) is 2.01. The molecule has 0 aromatic heterocycles. The maximum atomic E-state index is 12.4. The summed E-state index contributed by atoms with van der Waals surface area (Å²) in [4.78, 5) is 12.4. The van der Waals surface area contributed by atoms with E-state index in [-0.39, 0.29) is 11.9 Å². The minimum atomic E-state index is -0.120. The molecule has 5 heteroatoms. The summed E-state index contributed by atoms with van der Waals surface area (Å²) in [5, 5.41) is 3.05. The standard InChI is InChI=1S/C22H29NO4/c1-5-26-20-13-11-18(15-21(20)27-6-2)16(3)23-22(24)14-12-17-9-7-8-10-19(17)25-4/h7-11,13,15-16H,5-6,12,14H2,1-4H3,(H,23,24)/t16-/m1/s1. The maximum absolute atomic E-state index is 12.4. The fourth-order valence-corrected chi connectivity index (χ4v) is 2.89. The highest BCUT2D eigenvalue weighted by molar-refractivity contribution is 5.76. The average molecular weight is 371 g/mol. The van der Waals surface area contributed by atoms with Crippen molar-refractivity contribution >= 4 is 5.91 Å². The van der Waals surface area contributed by atoms with E-state index < -0.39 is 0 Å². The second-order valence-corrected chi connectivity index (χ2v) is 6.17. The number of carbonyl (C=O) groups excluding carboxylic acids is 1. The Morgan fingerprint density at radius 1 is 1.00 bits per heavy atom. The zero-order valence-corrected chi connectivity index (χ0v) is 16.6. The van der Waals surface area contributed by atoms with Gasteiger partial charge in [0.05, 0.1) is 26.4 Å².